The van der Waals surface area contributed by atoms with E-state index in [1.807, 2.05) is 48.7 Å². The molecule has 1 aromatic heterocycles. The summed E-state index contributed by atoms with van der Waals surface area (Å²) >= 11 is 4.90. The molecule has 4 nitrogen and oxygen atoms in total. The second-order valence-corrected chi connectivity index (χ2v) is 8.07. The highest BCUT2D eigenvalue weighted by Crippen LogP contribution is 2.26. The Morgan fingerprint density at radius 3 is 2.57 bits per heavy atom. The molecule has 1 heterocycles. The van der Waals surface area contributed by atoms with Gasteiger partial charge in [-0.25, -0.2) is 0 Å². The summed E-state index contributed by atoms with van der Waals surface area (Å²) in [5, 5.41) is 14.4. The van der Waals surface area contributed by atoms with Crippen LogP contribution in [-0.2, 0) is 6.54 Å². The monoisotopic (exact) mass is 451 g/mol. The first-order valence-electron chi connectivity index (χ1n) is 8.76. The van der Waals surface area contributed by atoms with Gasteiger partial charge in [0.1, 0.15) is 5.75 Å². The Hall–Kier alpha value is -2.70. The Morgan fingerprint density at radius 2 is 1.75 bits per heavy atom. The number of phenolic OH excluding ortho intramolecular Hbond substituents is 1. The van der Waals surface area contributed by atoms with Gasteiger partial charge >= 0.3 is 0 Å². The molecule has 28 heavy (non-hydrogen) atoms. The van der Waals surface area contributed by atoms with E-state index in [1.165, 1.54) is 0 Å². The van der Waals surface area contributed by atoms with E-state index < -0.39 is 0 Å². The third kappa shape index (κ3) is 4.58. The molecule has 0 aliphatic rings. The average Bonchev–Trinajstić information content (AvgIpc) is 2.72. The quantitative estimate of drug-likeness (QED) is 0.294. The van der Waals surface area contributed by atoms with Gasteiger partial charge in [0.25, 0.3) is 0 Å². The highest BCUT2D eigenvalue weighted by atomic mass is 79.9. The van der Waals surface area contributed by atoms with Gasteiger partial charge in [-0.15, -0.1) is 0 Å². The van der Waals surface area contributed by atoms with E-state index in [9.17, 15) is 5.11 Å². The van der Waals surface area contributed by atoms with Gasteiger partial charge < -0.3 is 15.1 Å². The first-order chi connectivity index (χ1) is 13.7. The Bertz CT molecular complexity index is 1100. The summed E-state index contributed by atoms with van der Waals surface area (Å²) < 4.78 is 4.20. The van der Waals surface area contributed by atoms with Crippen molar-refractivity contribution >= 4 is 50.2 Å². The number of fused-ring (bicyclic) bond motifs is 1. The normalized spacial score (nSPS) is 10.8. The summed E-state index contributed by atoms with van der Waals surface area (Å²) in [7, 11) is 0. The summed E-state index contributed by atoms with van der Waals surface area (Å²) in [5.74, 6) is 0.280. The zero-order chi connectivity index (χ0) is 19.3. The Morgan fingerprint density at radius 1 is 0.929 bits per heavy atom. The largest absolute Gasteiger partial charge is 0.508 e. The molecule has 0 fully saturated rings. The van der Waals surface area contributed by atoms with E-state index in [0.717, 1.165) is 37.2 Å². The molecule has 0 spiro atoms. The predicted octanol–water partition coefficient (Wildman–Crippen LogP) is 6.43. The van der Waals surface area contributed by atoms with Crippen molar-refractivity contribution < 1.29 is 5.11 Å². The van der Waals surface area contributed by atoms with E-state index >= 15 is 0 Å². The molecule has 0 atom stereocenters. The number of pyridine rings is 1. The Balaban J connectivity index is 1.34. The number of hydrogen-bond donors (Lipinski definition) is 3. The maximum atomic E-state index is 9.97. The van der Waals surface area contributed by atoms with Gasteiger partial charge in [0.15, 0.2) is 0 Å². The lowest BCUT2D eigenvalue weighted by Crippen LogP contribution is -1.99. The summed E-state index contributed by atoms with van der Waals surface area (Å²) in [4.78, 5) is 5.57. The number of nitrogens with zero attached hydrogens (tertiary/aromatic N) is 1. The van der Waals surface area contributed by atoms with Crippen LogP contribution in [0.1, 0.15) is 5.56 Å². The van der Waals surface area contributed by atoms with Gasteiger partial charge in [0.05, 0.1) is 17.4 Å². The minimum absolute atomic E-state index is 0.280. The van der Waals surface area contributed by atoms with Crippen LogP contribution >= 0.6 is 27.9 Å². The second-order valence-electron chi connectivity index (χ2n) is 6.27. The summed E-state index contributed by atoms with van der Waals surface area (Å²) in [5.41, 5.74) is 3.81. The van der Waals surface area contributed by atoms with Crippen LogP contribution in [-0.4, -0.2) is 10.1 Å². The molecule has 3 N–H and O–H groups in total. The number of aromatic hydroxyl groups is 1. The number of aromatic nitrogens is 1. The first-order valence-corrected chi connectivity index (χ1v) is 10.4. The molecule has 0 saturated heterocycles. The minimum Gasteiger partial charge on any atom is -0.508 e. The molecule has 0 unspecified atom stereocenters. The van der Waals surface area contributed by atoms with Crippen LogP contribution in [0.2, 0.25) is 0 Å². The Kier molecular flexibility index (Phi) is 5.69. The van der Waals surface area contributed by atoms with Gasteiger partial charge in [-0.3, -0.25) is 4.98 Å². The molecule has 0 saturated carbocycles. The molecule has 6 heteroatoms. The number of benzene rings is 3. The smallest absolute Gasteiger partial charge is 0.121 e. The lowest BCUT2D eigenvalue weighted by molar-refractivity contribution is 0.468. The average molecular weight is 452 g/mol. The zero-order valence-corrected chi connectivity index (χ0v) is 17.3. The van der Waals surface area contributed by atoms with Crippen molar-refractivity contribution in [3.8, 4) is 5.75 Å². The fraction of sp³-hybridized carbons (Fsp3) is 0.0455. The molecule has 3 aromatic carbocycles. The van der Waals surface area contributed by atoms with E-state index in [2.05, 4.69) is 55.2 Å². The van der Waals surface area contributed by atoms with Crippen LogP contribution in [0.3, 0.4) is 0 Å². The number of halogens is 1. The predicted molar refractivity (Wildman–Crippen MR) is 121 cm³/mol. The SMILES string of the molecule is Oc1cc(Br)ccc1CNc1ccc(SNc2cnc3ccccc3c2)cc1. The third-order valence-corrected chi connectivity index (χ3v) is 5.60. The molecule has 0 aliphatic carbocycles. The van der Waals surface area contributed by atoms with E-state index in [0.29, 0.717) is 6.54 Å². The molecule has 0 amide bonds. The first kappa shape index (κ1) is 18.7. The van der Waals surface area contributed by atoms with E-state index in [4.69, 9.17) is 0 Å². The number of nitrogens with one attached hydrogen (secondary N) is 2. The third-order valence-electron chi connectivity index (χ3n) is 4.26. The molecule has 0 bridgehead atoms. The highest BCUT2D eigenvalue weighted by molar-refractivity contribution is 9.10. The second kappa shape index (κ2) is 8.54. The number of para-hydroxylation sites is 1. The van der Waals surface area contributed by atoms with Crippen LogP contribution in [0.25, 0.3) is 10.9 Å². The van der Waals surface area contributed by atoms with Crippen LogP contribution in [0.15, 0.2) is 88.4 Å². The summed E-state index contributed by atoms with van der Waals surface area (Å²) in [6.07, 6.45) is 1.84. The fourth-order valence-electron chi connectivity index (χ4n) is 2.77. The van der Waals surface area contributed by atoms with Crippen LogP contribution in [0.5, 0.6) is 5.75 Å². The van der Waals surface area contributed by atoms with Gasteiger partial charge in [-0.1, -0.05) is 40.2 Å². The Labute approximate surface area is 176 Å². The lowest BCUT2D eigenvalue weighted by atomic mass is 10.2. The minimum atomic E-state index is 0.280. The number of rotatable bonds is 6. The lowest BCUT2D eigenvalue weighted by Gasteiger charge is -2.10. The van der Waals surface area contributed by atoms with Gasteiger partial charge in [0, 0.05) is 32.6 Å². The molecule has 140 valence electrons. The van der Waals surface area contributed by atoms with Crippen molar-refractivity contribution in [2.24, 2.45) is 0 Å². The molecular weight excluding hydrogens is 434 g/mol. The van der Waals surface area contributed by atoms with Gasteiger partial charge in [-0.05, 0) is 60.5 Å². The summed E-state index contributed by atoms with van der Waals surface area (Å²) in [6, 6.07) is 23.8. The van der Waals surface area contributed by atoms with Crippen molar-refractivity contribution in [2.45, 2.75) is 11.4 Å². The van der Waals surface area contributed by atoms with Crippen LogP contribution in [0.4, 0.5) is 11.4 Å². The van der Waals surface area contributed by atoms with Crippen LogP contribution in [0, 0.1) is 0 Å². The maximum absolute atomic E-state index is 9.97. The van der Waals surface area contributed by atoms with Crippen LogP contribution < -0.4 is 10.0 Å². The fourth-order valence-corrected chi connectivity index (χ4v) is 3.74. The number of phenols is 1. The molecule has 0 aliphatic heterocycles. The van der Waals surface area contributed by atoms with Gasteiger partial charge in [-0.2, -0.15) is 0 Å². The molecule has 4 rings (SSSR count). The van der Waals surface area contributed by atoms with E-state index in [1.54, 1.807) is 18.0 Å². The highest BCUT2D eigenvalue weighted by Gasteiger charge is 2.03. The molecule has 0 radical (unpaired) electrons. The molecule has 4 aromatic rings. The zero-order valence-electron chi connectivity index (χ0n) is 14.9. The standard InChI is InChI=1S/C22H18BrN3OS/c23-17-6-5-16(22(27)12-17)13-24-18-7-9-20(10-8-18)28-26-19-11-15-3-1-2-4-21(15)25-14-19/h1-12,14,24,26-27H,13H2. The van der Waals surface area contributed by atoms with Crippen molar-refractivity contribution in [3.63, 3.8) is 0 Å². The van der Waals surface area contributed by atoms with Crippen molar-refractivity contribution in [3.05, 3.63) is 89.0 Å². The van der Waals surface area contributed by atoms with E-state index in [-0.39, 0.29) is 5.75 Å². The number of anilines is 2. The van der Waals surface area contributed by atoms with Gasteiger partial charge in [0.2, 0.25) is 0 Å². The summed E-state index contributed by atoms with van der Waals surface area (Å²) in [6.45, 7) is 0.562. The maximum Gasteiger partial charge on any atom is 0.121 e. The van der Waals surface area contributed by atoms with Crippen molar-refractivity contribution in [1.82, 2.24) is 4.98 Å². The topological polar surface area (TPSA) is 57.2 Å². The molecular formula is C22H18BrN3OS. The number of hydrogen-bond acceptors (Lipinski definition) is 5. The van der Waals surface area contributed by atoms with Crippen molar-refractivity contribution in [1.29, 1.82) is 0 Å². The van der Waals surface area contributed by atoms with Crippen molar-refractivity contribution in [2.75, 3.05) is 10.0 Å².